The molecule has 4 heteroatoms. The Kier molecular flexibility index (Phi) is 3.53. The van der Waals surface area contributed by atoms with Crippen LogP contribution < -0.4 is 5.32 Å². The van der Waals surface area contributed by atoms with Gasteiger partial charge in [-0.25, -0.2) is 4.98 Å². The minimum absolute atomic E-state index is 0.300. The third-order valence-electron chi connectivity index (χ3n) is 3.50. The topological polar surface area (TPSA) is 45.1 Å². The second kappa shape index (κ2) is 5.31. The molecular formula is C15H18N2OS. The van der Waals surface area contributed by atoms with Crippen molar-refractivity contribution in [2.45, 2.75) is 32.2 Å². The fourth-order valence-corrected chi connectivity index (χ4v) is 3.79. The molecule has 3 rings (SSSR count). The van der Waals surface area contributed by atoms with Gasteiger partial charge < -0.3 is 10.4 Å². The maximum absolute atomic E-state index is 9.58. The smallest absolute Gasteiger partial charge is 0.124 e. The zero-order valence-electron chi connectivity index (χ0n) is 11.0. The monoisotopic (exact) mass is 274 g/mol. The molecule has 2 aromatic rings. The summed E-state index contributed by atoms with van der Waals surface area (Å²) in [4.78, 5) is 6.21. The number of hydrogen-bond acceptors (Lipinski definition) is 4. The quantitative estimate of drug-likeness (QED) is 0.900. The molecule has 1 aromatic heterocycles. The second-order valence-corrected chi connectivity index (χ2v) is 5.96. The molecule has 1 unspecified atom stereocenters. The molecule has 1 heterocycles. The molecule has 0 fully saturated rings. The van der Waals surface area contributed by atoms with Gasteiger partial charge in [0.1, 0.15) is 10.8 Å². The van der Waals surface area contributed by atoms with Gasteiger partial charge >= 0.3 is 0 Å². The van der Waals surface area contributed by atoms with Crippen molar-refractivity contribution in [1.29, 1.82) is 0 Å². The summed E-state index contributed by atoms with van der Waals surface area (Å²) < 4.78 is 0. The lowest BCUT2D eigenvalue weighted by molar-refractivity contribution is 0.465. The van der Waals surface area contributed by atoms with E-state index in [4.69, 9.17) is 4.98 Å². The van der Waals surface area contributed by atoms with Crippen molar-refractivity contribution in [3.05, 3.63) is 34.8 Å². The molecule has 2 N–H and O–H groups in total. The Morgan fingerprint density at radius 2 is 2.37 bits per heavy atom. The van der Waals surface area contributed by atoms with Gasteiger partial charge in [0, 0.05) is 10.4 Å². The highest BCUT2D eigenvalue weighted by atomic mass is 32.1. The first-order valence-corrected chi connectivity index (χ1v) is 7.62. The predicted octanol–water partition coefficient (Wildman–Crippen LogP) is 3.50. The van der Waals surface area contributed by atoms with Crippen LogP contribution in [-0.4, -0.2) is 16.6 Å². The summed E-state index contributed by atoms with van der Waals surface area (Å²) in [5.41, 5.74) is 2.23. The molecule has 3 nitrogen and oxygen atoms in total. The second-order valence-electron chi connectivity index (χ2n) is 4.88. The first-order chi connectivity index (χ1) is 9.28. The van der Waals surface area contributed by atoms with Crippen LogP contribution in [-0.2, 0) is 6.42 Å². The number of phenols is 1. The van der Waals surface area contributed by atoms with E-state index >= 15 is 0 Å². The van der Waals surface area contributed by atoms with E-state index in [2.05, 4.69) is 12.2 Å². The van der Waals surface area contributed by atoms with Crippen LogP contribution in [0, 0.1) is 0 Å². The molecule has 1 aliphatic carbocycles. The number of fused-ring (bicyclic) bond motifs is 1. The van der Waals surface area contributed by atoms with Crippen molar-refractivity contribution in [2.24, 2.45) is 0 Å². The molecule has 0 bridgehead atoms. The van der Waals surface area contributed by atoms with Crippen molar-refractivity contribution >= 4 is 11.3 Å². The number of aromatic hydroxyl groups is 1. The summed E-state index contributed by atoms with van der Waals surface area (Å²) in [7, 11) is 0. The Hall–Kier alpha value is -1.39. The van der Waals surface area contributed by atoms with Crippen molar-refractivity contribution in [3.8, 4) is 16.3 Å². The van der Waals surface area contributed by atoms with Gasteiger partial charge in [-0.15, -0.1) is 11.3 Å². The van der Waals surface area contributed by atoms with Gasteiger partial charge in [-0.05, 0) is 37.9 Å². The van der Waals surface area contributed by atoms with Crippen LogP contribution in [0.4, 0.5) is 0 Å². The van der Waals surface area contributed by atoms with E-state index in [0.29, 0.717) is 11.8 Å². The average molecular weight is 274 g/mol. The van der Waals surface area contributed by atoms with E-state index < -0.39 is 0 Å². The normalized spacial score (nSPS) is 18.3. The highest BCUT2D eigenvalue weighted by Gasteiger charge is 2.24. The lowest BCUT2D eigenvalue weighted by atomic mass is 9.98. The van der Waals surface area contributed by atoms with Crippen LogP contribution in [0.3, 0.4) is 0 Å². The first kappa shape index (κ1) is 12.6. The van der Waals surface area contributed by atoms with Crippen molar-refractivity contribution in [1.82, 2.24) is 10.3 Å². The Balaban J connectivity index is 1.97. The Bertz CT molecular complexity index is 579. The maximum Gasteiger partial charge on any atom is 0.124 e. The van der Waals surface area contributed by atoms with Crippen LogP contribution in [0.5, 0.6) is 5.75 Å². The Labute approximate surface area is 117 Å². The molecule has 0 spiro atoms. The number of thiazole rings is 1. The summed E-state index contributed by atoms with van der Waals surface area (Å²) >= 11 is 1.76. The van der Waals surface area contributed by atoms with Crippen molar-refractivity contribution in [3.63, 3.8) is 0 Å². The first-order valence-electron chi connectivity index (χ1n) is 6.80. The third kappa shape index (κ3) is 2.51. The van der Waals surface area contributed by atoms with Crippen molar-refractivity contribution in [2.75, 3.05) is 6.54 Å². The van der Waals surface area contributed by atoms with E-state index in [1.54, 1.807) is 23.5 Å². The number of nitrogens with one attached hydrogen (secondary N) is 1. The fourth-order valence-electron chi connectivity index (χ4n) is 2.63. The minimum atomic E-state index is 0.300. The molecular weight excluding hydrogens is 256 g/mol. The lowest BCUT2D eigenvalue weighted by Gasteiger charge is -2.21. The van der Waals surface area contributed by atoms with E-state index in [1.807, 2.05) is 12.1 Å². The Morgan fingerprint density at radius 1 is 1.47 bits per heavy atom. The van der Waals surface area contributed by atoms with Gasteiger partial charge in [-0.1, -0.05) is 19.1 Å². The molecule has 0 aliphatic heterocycles. The number of aryl methyl sites for hydroxylation is 1. The molecule has 1 aromatic carbocycles. The maximum atomic E-state index is 9.58. The molecule has 0 radical (unpaired) electrons. The van der Waals surface area contributed by atoms with Crippen molar-refractivity contribution < 1.29 is 5.11 Å². The molecule has 19 heavy (non-hydrogen) atoms. The van der Waals surface area contributed by atoms with Gasteiger partial charge in [0.2, 0.25) is 0 Å². The SMILES string of the molecule is CCNC1CCCc2sc(-c3cccc(O)c3)nc21. The highest BCUT2D eigenvalue weighted by molar-refractivity contribution is 7.15. The number of aromatic nitrogens is 1. The van der Waals surface area contributed by atoms with Crippen LogP contribution in [0.1, 0.15) is 36.4 Å². The highest BCUT2D eigenvalue weighted by Crippen LogP contribution is 2.37. The van der Waals surface area contributed by atoms with Crippen LogP contribution >= 0.6 is 11.3 Å². The van der Waals surface area contributed by atoms with Gasteiger partial charge in [-0.2, -0.15) is 0 Å². The van der Waals surface area contributed by atoms with Gasteiger partial charge in [-0.3, -0.25) is 0 Å². The molecule has 100 valence electrons. The van der Waals surface area contributed by atoms with E-state index in [-0.39, 0.29) is 0 Å². The molecule has 1 aliphatic rings. The molecule has 0 amide bonds. The Morgan fingerprint density at radius 3 is 3.16 bits per heavy atom. The predicted molar refractivity (Wildman–Crippen MR) is 78.6 cm³/mol. The van der Waals surface area contributed by atoms with E-state index in [9.17, 15) is 5.11 Å². The van der Waals surface area contributed by atoms with Gasteiger partial charge in [0.25, 0.3) is 0 Å². The third-order valence-corrected chi connectivity index (χ3v) is 4.68. The number of hydrogen-bond donors (Lipinski definition) is 2. The molecule has 0 saturated heterocycles. The summed E-state index contributed by atoms with van der Waals surface area (Å²) in [6.45, 7) is 3.11. The number of nitrogens with zero attached hydrogens (tertiary/aromatic N) is 1. The largest absolute Gasteiger partial charge is 0.508 e. The van der Waals surface area contributed by atoms with Gasteiger partial charge in [0.15, 0.2) is 0 Å². The summed E-state index contributed by atoms with van der Waals surface area (Å²) in [5, 5.41) is 14.1. The van der Waals surface area contributed by atoms with Crippen LogP contribution in [0.15, 0.2) is 24.3 Å². The number of phenolic OH excluding ortho intramolecular Hbond substituents is 1. The zero-order chi connectivity index (χ0) is 13.2. The van der Waals surface area contributed by atoms with Gasteiger partial charge in [0.05, 0.1) is 11.7 Å². The zero-order valence-corrected chi connectivity index (χ0v) is 11.8. The number of benzene rings is 1. The summed E-state index contributed by atoms with van der Waals surface area (Å²) in [6.07, 6.45) is 3.53. The molecule has 0 saturated carbocycles. The number of rotatable bonds is 3. The van der Waals surface area contributed by atoms with E-state index in [1.165, 1.54) is 23.4 Å². The summed E-state index contributed by atoms with van der Waals surface area (Å²) in [5.74, 6) is 0.300. The standard InChI is InChI=1S/C15H18N2OS/c1-2-16-12-7-4-8-13-14(12)17-15(19-13)10-5-3-6-11(18)9-10/h3,5-6,9,12,16,18H,2,4,7-8H2,1H3. The molecule has 1 atom stereocenters. The van der Waals surface area contributed by atoms with E-state index in [0.717, 1.165) is 23.5 Å². The minimum Gasteiger partial charge on any atom is -0.508 e. The fraction of sp³-hybridized carbons (Fsp3) is 0.400. The van der Waals surface area contributed by atoms with Crippen LogP contribution in [0.25, 0.3) is 10.6 Å². The lowest BCUT2D eigenvalue weighted by Crippen LogP contribution is -2.24. The van der Waals surface area contributed by atoms with Crippen LogP contribution in [0.2, 0.25) is 0 Å². The summed E-state index contributed by atoms with van der Waals surface area (Å²) in [6, 6.07) is 7.75. The average Bonchev–Trinajstić information content (AvgIpc) is 2.84.